The molecule has 2 radical (unpaired) electrons. The zero-order valence-corrected chi connectivity index (χ0v) is 8.62. The van der Waals surface area contributed by atoms with Crippen molar-refractivity contribution in [3.8, 4) is 22.3 Å². The minimum Gasteiger partial charge on any atom is -0.0610 e. The van der Waals surface area contributed by atoms with Gasteiger partial charge in [-0.15, -0.1) is 0 Å². The third-order valence-electron chi connectivity index (χ3n) is 3.23. The maximum absolute atomic E-state index is 3.35. The van der Waals surface area contributed by atoms with E-state index in [-0.39, 0.29) is 0 Å². The van der Waals surface area contributed by atoms with Gasteiger partial charge in [0.05, 0.1) is 0 Å². The Balaban J connectivity index is 2.31. The molecule has 3 aromatic rings. The van der Waals surface area contributed by atoms with E-state index in [1.807, 2.05) is 18.2 Å². The average molecular weight is 200 g/mol. The molecule has 0 aliphatic heterocycles. The van der Waals surface area contributed by atoms with E-state index < -0.39 is 0 Å². The maximum atomic E-state index is 3.35. The predicted molar refractivity (Wildman–Crippen MR) is 66.1 cm³/mol. The van der Waals surface area contributed by atoms with E-state index in [1.54, 1.807) is 0 Å². The molecule has 0 atom stereocenters. The van der Waals surface area contributed by atoms with Gasteiger partial charge in [-0.3, -0.25) is 0 Å². The molecule has 0 fully saturated rings. The smallest absolute Gasteiger partial charge is 0.00139 e. The van der Waals surface area contributed by atoms with Crippen LogP contribution in [0.1, 0.15) is 0 Å². The van der Waals surface area contributed by atoms with Crippen molar-refractivity contribution in [2.75, 3.05) is 0 Å². The maximum Gasteiger partial charge on any atom is -0.00139 e. The second-order valence-electron chi connectivity index (χ2n) is 4.08. The van der Waals surface area contributed by atoms with Crippen molar-refractivity contribution in [3.05, 3.63) is 60.7 Å². The standard InChI is InChI=1S/C16H8/c1-2-8-13-12(7-1)14-9-3-5-11-6-4-10-15(13)16(11)14/h1-7,10H. The van der Waals surface area contributed by atoms with Gasteiger partial charge in [0, 0.05) is 0 Å². The van der Waals surface area contributed by atoms with Gasteiger partial charge in [0.15, 0.2) is 0 Å². The summed E-state index contributed by atoms with van der Waals surface area (Å²) in [7, 11) is 0. The largest absolute Gasteiger partial charge is 0.0610 e. The molecule has 4 rings (SSSR count). The molecule has 0 amide bonds. The van der Waals surface area contributed by atoms with Gasteiger partial charge in [-0.05, 0) is 45.2 Å². The summed E-state index contributed by atoms with van der Waals surface area (Å²) in [6, 6.07) is 23.4. The fourth-order valence-electron chi connectivity index (χ4n) is 2.56. The number of fused-ring (bicyclic) bond motifs is 3. The molecule has 0 aromatic heterocycles. The third-order valence-corrected chi connectivity index (χ3v) is 3.23. The van der Waals surface area contributed by atoms with Gasteiger partial charge in [-0.1, -0.05) is 48.5 Å². The topological polar surface area (TPSA) is 0 Å². The van der Waals surface area contributed by atoms with Crippen LogP contribution in [0.5, 0.6) is 0 Å². The molecular formula is C16H8. The Labute approximate surface area is 94.2 Å². The lowest BCUT2D eigenvalue weighted by Crippen LogP contribution is -1.74. The van der Waals surface area contributed by atoms with Gasteiger partial charge < -0.3 is 0 Å². The fraction of sp³-hybridized carbons (Fsp3) is 0. The first-order chi connectivity index (χ1) is 7.95. The van der Waals surface area contributed by atoms with Crippen LogP contribution in [0.15, 0.2) is 48.5 Å². The monoisotopic (exact) mass is 200 g/mol. The van der Waals surface area contributed by atoms with E-state index in [4.69, 9.17) is 0 Å². The SMILES string of the molecule is [c]1cccc2c1-c1cccc3cc[c]c-2c13. The predicted octanol–water partition coefficient (Wildman–Crippen LogP) is 4.09. The summed E-state index contributed by atoms with van der Waals surface area (Å²) in [6.45, 7) is 0. The molecule has 0 bridgehead atoms. The second-order valence-corrected chi connectivity index (χ2v) is 4.08. The van der Waals surface area contributed by atoms with Crippen LogP contribution in [-0.4, -0.2) is 0 Å². The third kappa shape index (κ3) is 0.849. The van der Waals surface area contributed by atoms with Crippen LogP contribution in [0.4, 0.5) is 0 Å². The Morgan fingerprint density at radius 3 is 2.56 bits per heavy atom. The summed E-state index contributed by atoms with van der Waals surface area (Å²) >= 11 is 0. The highest BCUT2D eigenvalue weighted by molar-refractivity contribution is 6.14. The van der Waals surface area contributed by atoms with Crippen LogP contribution in [0, 0.1) is 12.1 Å². The lowest BCUT2D eigenvalue weighted by molar-refractivity contribution is 1.68. The molecule has 3 aromatic carbocycles. The number of hydrogen-bond acceptors (Lipinski definition) is 0. The molecule has 1 aliphatic rings. The first-order valence-electron chi connectivity index (χ1n) is 5.40. The Morgan fingerprint density at radius 1 is 0.688 bits per heavy atom. The van der Waals surface area contributed by atoms with E-state index in [9.17, 15) is 0 Å². The lowest BCUT2D eigenvalue weighted by Gasteiger charge is -1.99. The van der Waals surface area contributed by atoms with Gasteiger partial charge in [0.2, 0.25) is 0 Å². The summed E-state index contributed by atoms with van der Waals surface area (Å²) in [5.41, 5.74) is 4.99. The van der Waals surface area contributed by atoms with Crippen molar-refractivity contribution in [3.63, 3.8) is 0 Å². The summed E-state index contributed by atoms with van der Waals surface area (Å²) in [5.74, 6) is 0. The summed E-state index contributed by atoms with van der Waals surface area (Å²) < 4.78 is 0. The molecule has 0 N–H and O–H groups in total. The first-order valence-corrected chi connectivity index (χ1v) is 5.40. The van der Waals surface area contributed by atoms with E-state index in [0.29, 0.717) is 0 Å². The Kier molecular flexibility index (Phi) is 1.39. The van der Waals surface area contributed by atoms with Crippen molar-refractivity contribution in [1.29, 1.82) is 0 Å². The molecule has 16 heavy (non-hydrogen) atoms. The van der Waals surface area contributed by atoms with Crippen molar-refractivity contribution in [1.82, 2.24) is 0 Å². The average Bonchev–Trinajstić information content (AvgIpc) is 2.68. The molecule has 0 unspecified atom stereocenters. The zero-order chi connectivity index (χ0) is 10.5. The minimum absolute atomic E-state index is 1.21. The van der Waals surface area contributed by atoms with Crippen LogP contribution in [-0.2, 0) is 0 Å². The van der Waals surface area contributed by atoms with E-state index >= 15 is 0 Å². The normalized spacial score (nSPS) is 11.8. The van der Waals surface area contributed by atoms with Gasteiger partial charge >= 0.3 is 0 Å². The molecule has 0 heterocycles. The molecule has 0 saturated heterocycles. The van der Waals surface area contributed by atoms with Crippen molar-refractivity contribution in [2.45, 2.75) is 0 Å². The van der Waals surface area contributed by atoms with E-state index in [0.717, 1.165) is 0 Å². The highest BCUT2D eigenvalue weighted by Crippen LogP contribution is 2.45. The highest BCUT2D eigenvalue weighted by atomic mass is 14.2. The van der Waals surface area contributed by atoms with Crippen molar-refractivity contribution in [2.24, 2.45) is 0 Å². The summed E-state index contributed by atoms with van der Waals surface area (Å²) in [6.07, 6.45) is 0. The highest BCUT2D eigenvalue weighted by Gasteiger charge is 2.19. The Bertz CT molecular complexity index is 650. The Morgan fingerprint density at radius 2 is 1.56 bits per heavy atom. The van der Waals surface area contributed by atoms with Crippen LogP contribution >= 0.6 is 0 Å². The second kappa shape index (κ2) is 2.73. The minimum atomic E-state index is 1.21. The molecule has 72 valence electrons. The number of hydrogen-bond donors (Lipinski definition) is 0. The van der Waals surface area contributed by atoms with Crippen LogP contribution in [0.2, 0.25) is 0 Å². The van der Waals surface area contributed by atoms with Crippen molar-refractivity contribution >= 4 is 10.8 Å². The molecule has 1 aliphatic carbocycles. The number of benzene rings is 3. The molecular weight excluding hydrogens is 192 g/mol. The van der Waals surface area contributed by atoms with Crippen LogP contribution in [0.3, 0.4) is 0 Å². The molecule has 0 spiro atoms. The quantitative estimate of drug-likeness (QED) is 0.401. The van der Waals surface area contributed by atoms with Gasteiger partial charge in [0.25, 0.3) is 0 Å². The number of rotatable bonds is 0. The van der Waals surface area contributed by atoms with E-state index in [2.05, 4.69) is 42.5 Å². The summed E-state index contributed by atoms with van der Waals surface area (Å²) in [5, 5.41) is 2.61. The molecule has 0 saturated carbocycles. The van der Waals surface area contributed by atoms with E-state index in [1.165, 1.54) is 33.0 Å². The fourth-order valence-corrected chi connectivity index (χ4v) is 2.56. The first kappa shape index (κ1) is 8.12. The molecule has 0 nitrogen and oxygen atoms in total. The Hall–Kier alpha value is -2.08. The van der Waals surface area contributed by atoms with Crippen LogP contribution < -0.4 is 0 Å². The van der Waals surface area contributed by atoms with Gasteiger partial charge in [-0.2, -0.15) is 0 Å². The van der Waals surface area contributed by atoms with Crippen molar-refractivity contribution < 1.29 is 0 Å². The lowest BCUT2D eigenvalue weighted by atomic mass is 10.0. The molecule has 0 heteroatoms. The summed E-state index contributed by atoms with van der Waals surface area (Å²) in [4.78, 5) is 0. The zero-order valence-electron chi connectivity index (χ0n) is 8.62. The van der Waals surface area contributed by atoms with Crippen LogP contribution in [0.25, 0.3) is 33.0 Å². The van der Waals surface area contributed by atoms with Gasteiger partial charge in [-0.25, -0.2) is 0 Å². The van der Waals surface area contributed by atoms with Gasteiger partial charge in [0.1, 0.15) is 0 Å².